The number of carbonyl (C=O) groups is 1. The zero-order valence-electron chi connectivity index (χ0n) is 10.7. The molecule has 0 aliphatic heterocycles. The van der Waals surface area contributed by atoms with Crippen molar-refractivity contribution in [3.05, 3.63) is 51.5 Å². The van der Waals surface area contributed by atoms with E-state index in [0.29, 0.717) is 12.1 Å². The summed E-state index contributed by atoms with van der Waals surface area (Å²) >= 11 is 1.72. The summed E-state index contributed by atoms with van der Waals surface area (Å²) in [4.78, 5) is 16.3. The number of nitrogens with one attached hydrogen (secondary N) is 1. The van der Waals surface area contributed by atoms with Gasteiger partial charge in [0.05, 0.1) is 5.56 Å². The lowest BCUT2D eigenvalue weighted by atomic mass is 10.1. The van der Waals surface area contributed by atoms with Gasteiger partial charge in [0.15, 0.2) is 0 Å². The van der Waals surface area contributed by atoms with Crippen molar-refractivity contribution < 1.29 is 9.90 Å². The zero-order valence-corrected chi connectivity index (χ0v) is 11.5. The molecule has 0 bridgehead atoms. The first-order valence-corrected chi connectivity index (χ1v) is 6.97. The quantitative estimate of drug-likeness (QED) is 0.851. The van der Waals surface area contributed by atoms with E-state index in [0.717, 1.165) is 23.5 Å². The minimum Gasteiger partial charge on any atom is -0.478 e. The molecule has 2 aromatic rings. The predicted octanol–water partition coefficient (Wildman–Crippen LogP) is 2.69. The minimum atomic E-state index is -0.894. The van der Waals surface area contributed by atoms with Gasteiger partial charge in [-0.3, -0.25) is 0 Å². The van der Waals surface area contributed by atoms with E-state index in [-0.39, 0.29) is 0 Å². The molecule has 1 aromatic carbocycles. The third kappa shape index (κ3) is 3.87. The lowest BCUT2D eigenvalue weighted by Gasteiger charge is -2.03. The molecule has 0 saturated heterocycles. The fourth-order valence-electron chi connectivity index (χ4n) is 1.67. The topological polar surface area (TPSA) is 62.2 Å². The first-order valence-electron chi connectivity index (χ1n) is 6.15. The maximum Gasteiger partial charge on any atom is 0.335 e. The highest BCUT2D eigenvalue weighted by atomic mass is 32.1. The minimum absolute atomic E-state index is 0.316. The number of thiazole rings is 1. The molecule has 1 aromatic heterocycles. The summed E-state index contributed by atoms with van der Waals surface area (Å²) in [7, 11) is 0. The van der Waals surface area contributed by atoms with Crippen LogP contribution in [0.4, 0.5) is 0 Å². The molecule has 19 heavy (non-hydrogen) atoms. The van der Waals surface area contributed by atoms with Crippen LogP contribution in [-0.2, 0) is 19.5 Å². The third-order valence-electron chi connectivity index (χ3n) is 2.76. The molecular weight excluding hydrogens is 260 g/mol. The largest absolute Gasteiger partial charge is 0.478 e. The van der Waals surface area contributed by atoms with Crippen molar-refractivity contribution in [3.8, 4) is 0 Å². The maximum absolute atomic E-state index is 10.7. The van der Waals surface area contributed by atoms with Crippen LogP contribution in [0, 0.1) is 0 Å². The van der Waals surface area contributed by atoms with E-state index in [4.69, 9.17) is 5.11 Å². The number of aromatic nitrogens is 1. The van der Waals surface area contributed by atoms with Crippen LogP contribution in [0.5, 0.6) is 0 Å². The maximum atomic E-state index is 10.7. The van der Waals surface area contributed by atoms with Gasteiger partial charge in [0.1, 0.15) is 5.01 Å². The fraction of sp³-hybridized carbons (Fsp3) is 0.286. The zero-order chi connectivity index (χ0) is 13.7. The first kappa shape index (κ1) is 13.7. The molecular formula is C14H16N2O2S. The van der Waals surface area contributed by atoms with Crippen LogP contribution in [0.2, 0.25) is 0 Å². The standard InChI is InChI=1S/C14H16N2O2S/c1-2-12-8-16-13(19-12)9-15-7-10-3-5-11(6-4-10)14(17)18/h3-6,8,15H,2,7,9H2,1H3,(H,17,18). The van der Waals surface area contributed by atoms with Gasteiger partial charge in [-0.2, -0.15) is 0 Å². The van der Waals surface area contributed by atoms with E-state index in [2.05, 4.69) is 17.2 Å². The van der Waals surface area contributed by atoms with E-state index in [1.807, 2.05) is 18.3 Å². The molecule has 0 saturated carbocycles. The summed E-state index contributed by atoms with van der Waals surface area (Å²) in [6.07, 6.45) is 2.94. The number of aromatic carboxylic acids is 1. The van der Waals surface area contributed by atoms with Gasteiger partial charge >= 0.3 is 5.97 Å². The van der Waals surface area contributed by atoms with Crippen LogP contribution in [0.1, 0.15) is 32.7 Å². The average molecular weight is 276 g/mol. The Kier molecular flexibility index (Phi) is 4.65. The highest BCUT2D eigenvalue weighted by Crippen LogP contribution is 2.13. The molecule has 2 N–H and O–H groups in total. The molecule has 0 amide bonds. The number of hydrogen-bond acceptors (Lipinski definition) is 4. The Balaban J connectivity index is 1.83. The molecule has 0 spiro atoms. The Labute approximate surface area is 116 Å². The Hall–Kier alpha value is -1.72. The molecule has 0 radical (unpaired) electrons. The molecule has 5 heteroatoms. The molecule has 0 aliphatic rings. The molecule has 1 heterocycles. The average Bonchev–Trinajstić information content (AvgIpc) is 2.87. The summed E-state index contributed by atoms with van der Waals surface area (Å²) in [6.45, 7) is 3.57. The molecule has 0 fully saturated rings. The predicted molar refractivity (Wildman–Crippen MR) is 75.4 cm³/mol. The first-order chi connectivity index (χ1) is 9.19. The van der Waals surface area contributed by atoms with Gasteiger partial charge < -0.3 is 10.4 Å². The third-order valence-corrected chi connectivity index (χ3v) is 3.90. The van der Waals surface area contributed by atoms with Crippen LogP contribution in [-0.4, -0.2) is 16.1 Å². The number of aryl methyl sites for hydroxylation is 1. The Bertz CT molecular complexity index is 549. The van der Waals surface area contributed by atoms with Crippen molar-refractivity contribution in [2.45, 2.75) is 26.4 Å². The van der Waals surface area contributed by atoms with E-state index in [9.17, 15) is 4.79 Å². The van der Waals surface area contributed by atoms with E-state index < -0.39 is 5.97 Å². The van der Waals surface area contributed by atoms with E-state index >= 15 is 0 Å². The van der Waals surface area contributed by atoms with Crippen molar-refractivity contribution in [1.82, 2.24) is 10.3 Å². The number of nitrogens with zero attached hydrogens (tertiary/aromatic N) is 1. The SMILES string of the molecule is CCc1cnc(CNCc2ccc(C(=O)O)cc2)s1. The molecule has 100 valence electrons. The van der Waals surface area contributed by atoms with Crippen molar-refractivity contribution in [2.24, 2.45) is 0 Å². The summed E-state index contributed by atoms with van der Waals surface area (Å²) < 4.78 is 0. The van der Waals surface area contributed by atoms with Crippen molar-refractivity contribution in [1.29, 1.82) is 0 Å². The molecule has 0 unspecified atom stereocenters. The summed E-state index contributed by atoms with van der Waals surface area (Å²) in [5, 5.41) is 13.2. The number of hydrogen-bond donors (Lipinski definition) is 2. The normalized spacial score (nSPS) is 10.6. The number of carboxylic acids is 1. The highest BCUT2D eigenvalue weighted by Gasteiger charge is 2.02. The lowest BCUT2D eigenvalue weighted by molar-refractivity contribution is 0.0697. The van der Waals surface area contributed by atoms with Gasteiger partial charge in [0, 0.05) is 24.2 Å². The lowest BCUT2D eigenvalue weighted by Crippen LogP contribution is -2.12. The number of rotatable bonds is 6. The van der Waals surface area contributed by atoms with E-state index in [1.54, 1.807) is 23.5 Å². The number of benzene rings is 1. The van der Waals surface area contributed by atoms with Crippen LogP contribution >= 0.6 is 11.3 Å². The van der Waals surface area contributed by atoms with Crippen molar-refractivity contribution in [3.63, 3.8) is 0 Å². The molecule has 2 rings (SSSR count). The van der Waals surface area contributed by atoms with Gasteiger partial charge in [-0.25, -0.2) is 9.78 Å². The van der Waals surface area contributed by atoms with Gasteiger partial charge in [-0.05, 0) is 24.1 Å². The van der Waals surface area contributed by atoms with Gasteiger partial charge in [0.2, 0.25) is 0 Å². The second-order valence-corrected chi connectivity index (χ2v) is 5.38. The van der Waals surface area contributed by atoms with Gasteiger partial charge in [-0.1, -0.05) is 19.1 Å². The highest BCUT2D eigenvalue weighted by molar-refractivity contribution is 7.11. The van der Waals surface area contributed by atoms with Crippen LogP contribution in [0.3, 0.4) is 0 Å². The van der Waals surface area contributed by atoms with Crippen LogP contribution in [0.25, 0.3) is 0 Å². The fourth-order valence-corrected chi connectivity index (χ4v) is 2.50. The monoisotopic (exact) mass is 276 g/mol. The molecule has 4 nitrogen and oxygen atoms in total. The van der Waals surface area contributed by atoms with Gasteiger partial charge in [-0.15, -0.1) is 11.3 Å². The van der Waals surface area contributed by atoms with Crippen molar-refractivity contribution >= 4 is 17.3 Å². The number of carboxylic acid groups (broad SMARTS) is 1. The summed E-state index contributed by atoms with van der Waals surface area (Å²) in [5.74, 6) is -0.894. The second kappa shape index (κ2) is 6.45. The van der Waals surface area contributed by atoms with Crippen molar-refractivity contribution in [2.75, 3.05) is 0 Å². The Morgan fingerprint density at radius 1 is 1.32 bits per heavy atom. The van der Waals surface area contributed by atoms with E-state index in [1.165, 1.54) is 4.88 Å². The summed E-state index contributed by atoms with van der Waals surface area (Å²) in [5.41, 5.74) is 1.38. The molecule has 0 aliphatic carbocycles. The van der Waals surface area contributed by atoms with Crippen LogP contribution in [0.15, 0.2) is 30.5 Å². The Morgan fingerprint density at radius 3 is 2.63 bits per heavy atom. The second-order valence-electron chi connectivity index (χ2n) is 4.18. The smallest absolute Gasteiger partial charge is 0.335 e. The Morgan fingerprint density at radius 2 is 2.05 bits per heavy atom. The van der Waals surface area contributed by atoms with Crippen LogP contribution < -0.4 is 5.32 Å². The van der Waals surface area contributed by atoms with Gasteiger partial charge in [0.25, 0.3) is 0 Å². The summed E-state index contributed by atoms with van der Waals surface area (Å²) in [6, 6.07) is 6.90. The molecule has 0 atom stereocenters.